The molecule has 4 rings (SSSR count). The average molecular weight is 526 g/mol. The maximum atomic E-state index is 13.6. The van der Waals surface area contributed by atoms with Gasteiger partial charge in [-0.25, -0.2) is 4.98 Å². The van der Waals surface area contributed by atoms with Gasteiger partial charge in [0.1, 0.15) is 10.7 Å². The van der Waals surface area contributed by atoms with E-state index in [-0.39, 0.29) is 11.6 Å². The van der Waals surface area contributed by atoms with Crippen LogP contribution in [-0.2, 0) is 13.1 Å². The molecule has 0 spiro atoms. The van der Waals surface area contributed by atoms with Crippen molar-refractivity contribution in [2.75, 3.05) is 13.1 Å². The van der Waals surface area contributed by atoms with E-state index in [4.69, 9.17) is 10.7 Å². The molecule has 33 heavy (non-hydrogen) atoms. The summed E-state index contributed by atoms with van der Waals surface area (Å²) in [5.41, 5.74) is 8.23. The smallest absolute Gasteiger partial charge is 0.262 e. The van der Waals surface area contributed by atoms with Gasteiger partial charge in [-0.05, 0) is 54.1 Å². The first kappa shape index (κ1) is 23.8. The van der Waals surface area contributed by atoms with Crippen molar-refractivity contribution in [3.63, 3.8) is 0 Å². The second-order valence-electron chi connectivity index (χ2n) is 8.15. The van der Waals surface area contributed by atoms with Crippen LogP contribution in [0, 0.1) is 0 Å². The van der Waals surface area contributed by atoms with Gasteiger partial charge < -0.3 is 5.73 Å². The summed E-state index contributed by atoms with van der Waals surface area (Å²) in [6.45, 7) is 4.92. The number of hydrogen-bond donors (Lipinski definition) is 1. The van der Waals surface area contributed by atoms with Crippen molar-refractivity contribution in [1.82, 2.24) is 14.5 Å². The third kappa shape index (κ3) is 5.61. The monoisotopic (exact) mass is 524 g/mol. The fraction of sp³-hybridized carbons (Fsp3) is 0.308. The number of rotatable bonds is 10. The number of hydrogen-bond acceptors (Lipinski definition) is 5. The zero-order chi connectivity index (χ0) is 23.2. The molecule has 0 amide bonds. The topological polar surface area (TPSA) is 64.2 Å². The minimum Gasteiger partial charge on any atom is -0.330 e. The van der Waals surface area contributed by atoms with E-state index in [9.17, 15) is 4.79 Å². The van der Waals surface area contributed by atoms with Gasteiger partial charge in [-0.15, -0.1) is 11.3 Å². The highest BCUT2D eigenvalue weighted by atomic mass is 79.9. The summed E-state index contributed by atoms with van der Waals surface area (Å²) in [7, 11) is 0. The summed E-state index contributed by atoms with van der Waals surface area (Å²) in [6.07, 6.45) is 1.73. The summed E-state index contributed by atoms with van der Waals surface area (Å²) < 4.78 is 2.93. The Bertz CT molecular complexity index is 1240. The van der Waals surface area contributed by atoms with E-state index in [2.05, 4.69) is 64.2 Å². The van der Waals surface area contributed by atoms with Crippen LogP contribution in [0.2, 0.25) is 0 Å². The van der Waals surface area contributed by atoms with Crippen LogP contribution in [-0.4, -0.2) is 27.5 Å². The number of thiophene rings is 1. The van der Waals surface area contributed by atoms with E-state index < -0.39 is 0 Å². The minimum absolute atomic E-state index is 0.00288. The predicted molar refractivity (Wildman–Crippen MR) is 141 cm³/mol. The van der Waals surface area contributed by atoms with Gasteiger partial charge in [0.25, 0.3) is 5.56 Å². The first-order valence-electron chi connectivity index (χ1n) is 11.3. The van der Waals surface area contributed by atoms with Gasteiger partial charge in [-0.2, -0.15) is 0 Å². The van der Waals surface area contributed by atoms with Gasteiger partial charge in [-0.1, -0.05) is 65.3 Å². The molecule has 1 atom stereocenters. The van der Waals surface area contributed by atoms with Crippen molar-refractivity contribution >= 4 is 37.5 Å². The SMILES string of the molecule is CCC(c1nc2sccc2c(=O)n1Cc1ccccc1)N(CCCN)Cc1ccc(Br)cc1. The van der Waals surface area contributed by atoms with Crippen molar-refractivity contribution in [3.05, 3.63) is 97.8 Å². The standard InChI is InChI=1S/C26H29BrN4OS/c1-2-23(30(15-6-14-28)17-20-9-11-21(27)12-10-20)24-29-25-22(13-16-33-25)26(32)31(24)18-19-7-4-3-5-8-19/h3-5,7-13,16,23H,2,6,14-15,17-18,28H2,1H3. The molecule has 0 bridgehead atoms. The van der Waals surface area contributed by atoms with E-state index in [1.54, 1.807) is 0 Å². The lowest BCUT2D eigenvalue weighted by atomic mass is 10.1. The Morgan fingerprint density at radius 2 is 1.85 bits per heavy atom. The summed E-state index contributed by atoms with van der Waals surface area (Å²) in [6, 6.07) is 20.4. The molecular weight excluding hydrogens is 496 g/mol. The molecule has 5 nitrogen and oxygen atoms in total. The molecule has 2 N–H and O–H groups in total. The molecule has 1 unspecified atom stereocenters. The maximum Gasteiger partial charge on any atom is 0.262 e. The van der Waals surface area contributed by atoms with Crippen LogP contribution in [0.3, 0.4) is 0 Å². The minimum atomic E-state index is 0.00288. The van der Waals surface area contributed by atoms with E-state index in [0.29, 0.717) is 18.5 Å². The van der Waals surface area contributed by atoms with Crippen LogP contribution in [0.5, 0.6) is 0 Å². The zero-order valence-electron chi connectivity index (χ0n) is 18.8. The van der Waals surface area contributed by atoms with E-state index in [0.717, 1.165) is 46.6 Å². The van der Waals surface area contributed by atoms with Crippen LogP contribution in [0.4, 0.5) is 0 Å². The van der Waals surface area contributed by atoms with Crippen LogP contribution in [0.25, 0.3) is 10.2 Å². The summed E-state index contributed by atoms with van der Waals surface area (Å²) in [4.78, 5) is 21.8. The van der Waals surface area contributed by atoms with E-state index in [1.165, 1.54) is 16.9 Å². The molecule has 2 aromatic heterocycles. The van der Waals surface area contributed by atoms with Crippen molar-refractivity contribution in [3.8, 4) is 0 Å². The second kappa shape index (κ2) is 11.2. The Balaban J connectivity index is 1.78. The molecule has 4 aromatic rings. The highest BCUT2D eigenvalue weighted by Crippen LogP contribution is 2.28. The second-order valence-corrected chi connectivity index (χ2v) is 9.96. The van der Waals surface area contributed by atoms with Crippen molar-refractivity contribution < 1.29 is 0 Å². The van der Waals surface area contributed by atoms with Crippen LogP contribution < -0.4 is 11.3 Å². The molecule has 0 aliphatic heterocycles. The summed E-state index contributed by atoms with van der Waals surface area (Å²) in [5.74, 6) is 0.829. The quantitative estimate of drug-likeness (QED) is 0.294. The molecule has 0 aliphatic rings. The third-order valence-electron chi connectivity index (χ3n) is 5.87. The Labute approximate surface area is 207 Å². The Morgan fingerprint density at radius 3 is 2.55 bits per heavy atom. The number of halogens is 1. The number of fused-ring (bicyclic) bond motifs is 1. The summed E-state index contributed by atoms with van der Waals surface area (Å²) in [5, 5.41) is 2.64. The van der Waals surface area contributed by atoms with Crippen LogP contribution in [0.15, 0.2) is 75.3 Å². The molecule has 0 aliphatic carbocycles. The zero-order valence-corrected chi connectivity index (χ0v) is 21.2. The Morgan fingerprint density at radius 1 is 1.09 bits per heavy atom. The molecule has 0 saturated carbocycles. The van der Waals surface area contributed by atoms with E-state index in [1.807, 2.05) is 34.2 Å². The largest absolute Gasteiger partial charge is 0.330 e. The first-order chi connectivity index (χ1) is 16.1. The lowest BCUT2D eigenvalue weighted by Gasteiger charge is -2.32. The highest BCUT2D eigenvalue weighted by Gasteiger charge is 2.25. The third-order valence-corrected chi connectivity index (χ3v) is 7.21. The number of nitrogens with two attached hydrogens (primary N) is 1. The van der Waals surface area contributed by atoms with Crippen molar-refractivity contribution in [2.24, 2.45) is 5.73 Å². The summed E-state index contributed by atoms with van der Waals surface area (Å²) >= 11 is 5.05. The number of nitrogens with zero attached hydrogens (tertiary/aromatic N) is 3. The van der Waals surface area contributed by atoms with Gasteiger partial charge in [-0.3, -0.25) is 14.3 Å². The normalized spacial score (nSPS) is 12.5. The lowest BCUT2D eigenvalue weighted by Crippen LogP contribution is -2.36. The molecule has 172 valence electrons. The Hall–Kier alpha value is -2.32. The molecular formula is C26H29BrN4OS. The molecule has 0 saturated heterocycles. The predicted octanol–water partition coefficient (Wildman–Crippen LogP) is 5.57. The molecule has 2 heterocycles. The molecule has 7 heteroatoms. The van der Waals surface area contributed by atoms with Gasteiger partial charge >= 0.3 is 0 Å². The molecule has 2 aromatic carbocycles. The van der Waals surface area contributed by atoms with E-state index >= 15 is 0 Å². The maximum absolute atomic E-state index is 13.6. The fourth-order valence-electron chi connectivity index (χ4n) is 4.21. The fourth-order valence-corrected chi connectivity index (χ4v) is 5.23. The van der Waals surface area contributed by atoms with Crippen molar-refractivity contribution in [2.45, 2.75) is 38.9 Å². The average Bonchev–Trinajstić information content (AvgIpc) is 3.31. The van der Waals surface area contributed by atoms with Gasteiger partial charge in [0.05, 0.1) is 18.0 Å². The number of benzene rings is 2. The lowest BCUT2D eigenvalue weighted by molar-refractivity contribution is 0.170. The van der Waals surface area contributed by atoms with Gasteiger partial charge in [0.15, 0.2) is 0 Å². The molecule has 0 radical (unpaired) electrons. The Kier molecular flexibility index (Phi) is 8.09. The van der Waals surface area contributed by atoms with Crippen LogP contribution >= 0.6 is 27.3 Å². The first-order valence-corrected chi connectivity index (χ1v) is 13.0. The van der Waals surface area contributed by atoms with Gasteiger partial charge in [0, 0.05) is 17.6 Å². The van der Waals surface area contributed by atoms with Gasteiger partial charge in [0.2, 0.25) is 0 Å². The highest BCUT2D eigenvalue weighted by molar-refractivity contribution is 9.10. The van der Waals surface area contributed by atoms with Crippen molar-refractivity contribution in [1.29, 1.82) is 0 Å². The molecule has 0 fully saturated rings. The van der Waals surface area contributed by atoms with Crippen LogP contribution in [0.1, 0.15) is 42.8 Å². The number of aromatic nitrogens is 2.